The van der Waals surface area contributed by atoms with E-state index in [1.165, 1.54) is 0 Å². The highest BCUT2D eigenvalue weighted by molar-refractivity contribution is 6.09. The molecule has 0 aromatic carbocycles. The van der Waals surface area contributed by atoms with Crippen LogP contribution in [0.25, 0.3) is 0 Å². The van der Waals surface area contributed by atoms with Crippen LogP contribution < -0.4 is 16.4 Å². The van der Waals surface area contributed by atoms with Gasteiger partial charge >= 0.3 is 6.03 Å². The second-order valence-electron chi connectivity index (χ2n) is 5.73. The minimum absolute atomic E-state index is 0. The Kier molecular flexibility index (Phi) is 5.98. The van der Waals surface area contributed by atoms with Crippen molar-refractivity contribution in [3.8, 4) is 0 Å². The monoisotopic (exact) mass is 318 g/mol. The zero-order valence-corrected chi connectivity index (χ0v) is 13.0. The maximum atomic E-state index is 12.3. The van der Waals surface area contributed by atoms with Gasteiger partial charge in [-0.25, -0.2) is 4.79 Å². The molecule has 2 fully saturated rings. The van der Waals surface area contributed by atoms with E-state index in [2.05, 4.69) is 10.6 Å². The molecule has 2 rings (SSSR count). The molecule has 2 aliphatic rings. The van der Waals surface area contributed by atoms with Gasteiger partial charge < -0.3 is 16.4 Å². The third-order valence-electron chi connectivity index (χ3n) is 3.93. The van der Waals surface area contributed by atoms with Gasteiger partial charge in [0, 0.05) is 12.6 Å². The summed E-state index contributed by atoms with van der Waals surface area (Å²) in [7, 11) is 0. The zero-order valence-electron chi connectivity index (χ0n) is 12.2. The lowest BCUT2D eigenvalue weighted by molar-refractivity contribution is -0.134. The largest absolute Gasteiger partial charge is 0.354 e. The van der Waals surface area contributed by atoms with E-state index >= 15 is 0 Å². The fraction of sp³-hybridized carbons (Fsp3) is 0.769. The molecule has 0 aromatic heterocycles. The van der Waals surface area contributed by atoms with Gasteiger partial charge in [0.15, 0.2) is 0 Å². The molecule has 4 N–H and O–H groups in total. The predicted octanol–water partition coefficient (Wildman–Crippen LogP) is 0.126. The maximum absolute atomic E-state index is 12.3. The molecular formula is C13H23ClN4O3. The van der Waals surface area contributed by atoms with Crippen LogP contribution >= 0.6 is 12.4 Å². The van der Waals surface area contributed by atoms with Crippen molar-refractivity contribution in [2.45, 2.75) is 50.6 Å². The van der Waals surface area contributed by atoms with Crippen LogP contribution in [0.3, 0.4) is 0 Å². The lowest BCUT2D eigenvalue weighted by Gasteiger charge is -2.19. The van der Waals surface area contributed by atoms with Gasteiger partial charge in [-0.2, -0.15) is 0 Å². The quantitative estimate of drug-likeness (QED) is 0.626. The summed E-state index contributed by atoms with van der Waals surface area (Å²) in [6.45, 7) is 2.09. The number of rotatable bonds is 5. The first-order valence-electron chi connectivity index (χ1n) is 7.11. The Morgan fingerprint density at radius 3 is 2.62 bits per heavy atom. The molecule has 1 heterocycles. The number of imide groups is 1. The van der Waals surface area contributed by atoms with Crippen LogP contribution in [0.1, 0.15) is 39.0 Å². The third-order valence-corrected chi connectivity index (χ3v) is 3.93. The maximum Gasteiger partial charge on any atom is 0.325 e. The summed E-state index contributed by atoms with van der Waals surface area (Å²) < 4.78 is 0. The number of amides is 4. The van der Waals surface area contributed by atoms with Crippen molar-refractivity contribution in [3.05, 3.63) is 0 Å². The molecule has 1 aliphatic carbocycles. The van der Waals surface area contributed by atoms with Crippen LogP contribution in [0.2, 0.25) is 0 Å². The van der Waals surface area contributed by atoms with Gasteiger partial charge in [0.05, 0.1) is 0 Å². The lowest BCUT2D eigenvalue weighted by atomic mass is 9.98. The average molecular weight is 319 g/mol. The topological polar surface area (TPSA) is 105 Å². The first-order valence-corrected chi connectivity index (χ1v) is 7.11. The third kappa shape index (κ3) is 3.85. The first-order chi connectivity index (χ1) is 9.44. The number of hydrogen-bond acceptors (Lipinski definition) is 4. The summed E-state index contributed by atoms with van der Waals surface area (Å²) in [6.07, 6.45) is 3.86. The Hall–Kier alpha value is -1.34. The van der Waals surface area contributed by atoms with Crippen molar-refractivity contribution in [3.63, 3.8) is 0 Å². The first kappa shape index (κ1) is 17.7. The van der Waals surface area contributed by atoms with Crippen molar-refractivity contribution in [1.82, 2.24) is 15.5 Å². The van der Waals surface area contributed by atoms with Gasteiger partial charge in [0.2, 0.25) is 5.91 Å². The highest BCUT2D eigenvalue weighted by atomic mass is 35.5. The normalized spacial score (nSPS) is 21.1. The lowest BCUT2D eigenvalue weighted by Crippen LogP contribution is -2.45. The number of nitrogens with one attached hydrogen (secondary N) is 2. The number of nitrogens with zero attached hydrogens (tertiary/aromatic N) is 1. The number of nitrogens with two attached hydrogens (primary N) is 1. The summed E-state index contributed by atoms with van der Waals surface area (Å²) in [5.41, 5.74) is 4.84. The molecule has 7 nitrogen and oxygen atoms in total. The van der Waals surface area contributed by atoms with Crippen molar-refractivity contribution < 1.29 is 14.4 Å². The molecule has 1 saturated heterocycles. The van der Waals surface area contributed by atoms with E-state index in [4.69, 9.17) is 5.73 Å². The van der Waals surface area contributed by atoms with E-state index in [9.17, 15) is 14.4 Å². The predicted molar refractivity (Wildman–Crippen MR) is 80.0 cm³/mol. The summed E-state index contributed by atoms with van der Waals surface area (Å²) in [5, 5.41) is 5.41. The molecule has 120 valence electrons. The second-order valence-corrected chi connectivity index (χ2v) is 5.73. The van der Waals surface area contributed by atoms with E-state index in [0.29, 0.717) is 25.8 Å². The minimum atomic E-state index is -0.747. The Bertz CT molecular complexity index is 422. The molecule has 1 atom stereocenters. The van der Waals surface area contributed by atoms with Crippen LogP contribution in [0.15, 0.2) is 0 Å². The molecule has 1 saturated carbocycles. The van der Waals surface area contributed by atoms with Crippen LogP contribution in [0.4, 0.5) is 4.79 Å². The molecule has 1 aliphatic heterocycles. The highest BCUT2D eigenvalue weighted by Crippen LogP contribution is 2.34. The Labute approximate surface area is 130 Å². The second kappa shape index (κ2) is 7.09. The van der Waals surface area contributed by atoms with Crippen LogP contribution in [0, 0.1) is 0 Å². The molecule has 0 bridgehead atoms. The summed E-state index contributed by atoms with van der Waals surface area (Å²) in [6, 6.07) is -0.451. The molecule has 21 heavy (non-hydrogen) atoms. The minimum Gasteiger partial charge on any atom is -0.354 e. The summed E-state index contributed by atoms with van der Waals surface area (Å²) >= 11 is 0. The standard InChI is InChI=1S/C13H22N4O3.ClH/c1-9(14)4-7-15-10(18)8-17-11(19)13(16-12(17)20)5-2-3-6-13;/h9H,2-8,14H2,1H3,(H,15,18)(H,16,20);1H. The molecular weight excluding hydrogens is 296 g/mol. The van der Waals surface area contributed by atoms with E-state index in [1.54, 1.807) is 0 Å². The van der Waals surface area contributed by atoms with E-state index in [1.807, 2.05) is 6.92 Å². The summed E-state index contributed by atoms with van der Waals surface area (Å²) in [4.78, 5) is 36.9. The van der Waals surface area contributed by atoms with E-state index in [-0.39, 0.29) is 36.8 Å². The fourth-order valence-electron chi connectivity index (χ4n) is 2.78. The molecule has 0 aromatic rings. The summed E-state index contributed by atoms with van der Waals surface area (Å²) in [5.74, 6) is -0.591. The van der Waals surface area contributed by atoms with Gasteiger partial charge in [0.1, 0.15) is 12.1 Å². The van der Waals surface area contributed by atoms with E-state index < -0.39 is 11.6 Å². The van der Waals surface area contributed by atoms with E-state index in [0.717, 1.165) is 17.7 Å². The number of carbonyl (C=O) groups is 3. The van der Waals surface area contributed by atoms with Gasteiger partial charge in [-0.1, -0.05) is 12.8 Å². The highest BCUT2D eigenvalue weighted by Gasteiger charge is 2.52. The average Bonchev–Trinajstić information content (AvgIpc) is 2.91. The number of halogens is 1. The van der Waals surface area contributed by atoms with Crippen molar-refractivity contribution >= 4 is 30.3 Å². The number of urea groups is 1. The molecule has 1 spiro atoms. The Morgan fingerprint density at radius 1 is 1.43 bits per heavy atom. The van der Waals surface area contributed by atoms with Crippen molar-refractivity contribution in [2.75, 3.05) is 13.1 Å². The smallest absolute Gasteiger partial charge is 0.325 e. The van der Waals surface area contributed by atoms with Gasteiger partial charge in [0.25, 0.3) is 5.91 Å². The van der Waals surface area contributed by atoms with Crippen LogP contribution in [-0.2, 0) is 9.59 Å². The van der Waals surface area contributed by atoms with Crippen molar-refractivity contribution in [1.29, 1.82) is 0 Å². The molecule has 0 radical (unpaired) electrons. The number of carbonyl (C=O) groups excluding carboxylic acids is 3. The number of hydrogen-bond donors (Lipinski definition) is 3. The molecule has 1 unspecified atom stereocenters. The van der Waals surface area contributed by atoms with Gasteiger partial charge in [-0.05, 0) is 26.2 Å². The SMILES string of the molecule is CC(N)CCNC(=O)CN1C(=O)NC2(CCCC2)C1=O.Cl. The Balaban J connectivity index is 0.00000220. The fourth-order valence-corrected chi connectivity index (χ4v) is 2.78. The van der Waals surface area contributed by atoms with Gasteiger partial charge in [-0.15, -0.1) is 12.4 Å². The Morgan fingerprint density at radius 2 is 2.05 bits per heavy atom. The molecule has 8 heteroatoms. The van der Waals surface area contributed by atoms with Crippen LogP contribution in [-0.4, -0.2) is 47.4 Å². The zero-order chi connectivity index (χ0) is 14.8. The van der Waals surface area contributed by atoms with Crippen molar-refractivity contribution in [2.24, 2.45) is 5.73 Å². The van der Waals surface area contributed by atoms with Crippen LogP contribution in [0.5, 0.6) is 0 Å². The molecule has 4 amide bonds. The van der Waals surface area contributed by atoms with Gasteiger partial charge in [-0.3, -0.25) is 14.5 Å².